The molecule has 2 aromatic carbocycles. The van der Waals surface area contributed by atoms with E-state index >= 15 is 0 Å². The van der Waals surface area contributed by atoms with Crippen molar-refractivity contribution in [3.63, 3.8) is 0 Å². The maximum atomic E-state index is 12.6. The second kappa shape index (κ2) is 16.1. The van der Waals surface area contributed by atoms with Gasteiger partial charge in [-0.05, 0) is 67.5 Å². The van der Waals surface area contributed by atoms with E-state index in [1.54, 1.807) is 37.3 Å². The van der Waals surface area contributed by atoms with Crippen molar-refractivity contribution in [3.8, 4) is 0 Å². The molecule has 2 amide bonds. The van der Waals surface area contributed by atoms with Crippen LogP contribution in [-0.2, 0) is 11.0 Å². The summed E-state index contributed by atoms with van der Waals surface area (Å²) in [5, 5.41) is 5.36. The molecule has 0 aliphatic heterocycles. The van der Waals surface area contributed by atoms with Gasteiger partial charge in [0.2, 0.25) is 0 Å². The van der Waals surface area contributed by atoms with Crippen LogP contribution in [0.3, 0.4) is 0 Å². The zero-order chi connectivity index (χ0) is 27.9. The summed E-state index contributed by atoms with van der Waals surface area (Å²) in [6.07, 6.45) is -1.53. The number of rotatable bonds is 5. The topological polar surface area (TPSA) is 88.0 Å². The van der Waals surface area contributed by atoms with E-state index in [2.05, 4.69) is 35.9 Å². The Morgan fingerprint density at radius 3 is 1.86 bits per heavy atom. The van der Waals surface area contributed by atoms with E-state index in [0.717, 1.165) is 12.1 Å². The normalized spacial score (nSPS) is 11.2. The summed E-state index contributed by atoms with van der Waals surface area (Å²) in [5.74, 6) is -1.11. The van der Waals surface area contributed by atoms with Crippen molar-refractivity contribution >= 4 is 34.7 Å². The Kier molecular flexibility index (Phi) is 14.5. The number of nitrogens with one attached hydrogen (secondary N) is 1. The van der Waals surface area contributed by atoms with Gasteiger partial charge in [0.05, 0.1) is 5.56 Å². The fraction of sp³-hybridized carbons (Fsp3) is 0.269. The van der Waals surface area contributed by atoms with Crippen LogP contribution < -0.4 is 5.32 Å². The molecule has 0 fully saturated rings. The van der Waals surface area contributed by atoms with Gasteiger partial charge < -0.3 is 5.32 Å². The fourth-order valence-corrected chi connectivity index (χ4v) is 2.39. The summed E-state index contributed by atoms with van der Waals surface area (Å²) in [6.45, 7) is 11.2. The van der Waals surface area contributed by atoms with E-state index in [4.69, 9.17) is 11.6 Å². The molecule has 36 heavy (non-hydrogen) atoms. The third-order valence-corrected chi connectivity index (χ3v) is 4.37. The summed E-state index contributed by atoms with van der Waals surface area (Å²) in [4.78, 5) is 35.1. The van der Waals surface area contributed by atoms with Crippen molar-refractivity contribution in [1.82, 2.24) is 5.32 Å². The van der Waals surface area contributed by atoms with Crippen LogP contribution in [0.5, 0.6) is 0 Å². The fourth-order valence-electron chi connectivity index (χ4n) is 2.27. The molecule has 2 aromatic rings. The average molecular weight is 524 g/mol. The van der Waals surface area contributed by atoms with Gasteiger partial charge in [-0.2, -0.15) is 13.2 Å². The summed E-state index contributed by atoms with van der Waals surface area (Å²) in [5.41, 5.74) is 1.40. The van der Waals surface area contributed by atoms with Crippen molar-refractivity contribution in [3.05, 3.63) is 93.5 Å². The Bertz CT molecular complexity index is 1090. The monoisotopic (exact) mass is 523 g/mol. The molecule has 0 radical (unpaired) electrons. The Balaban J connectivity index is 0.000000936. The summed E-state index contributed by atoms with van der Waals surface area (Å²) >= 11 is 5.77. The highest BCUT2D eigenvalue weighted by atomic mass is 35.5. The number of hydrogen-bond acceptors (Lipinski definition) is 4. The number of amides is 2. The molecular weight excluding hydrogens is 495 g/mol. The lowest BCUT2D eigenvalue weighted by Crippen LogP contribution is -2.21. The van der Waals surface area contributed by atoms with Crippen LogP contribution in [-0.4, -0.2) is 24.6 Å². The second-order valence-electron chi connectivity index (χ2n) is 7.30. The van der Waals surface area contributed by atoms with Gasteiger partial charge in [-0.25, -0.2) is 0 Å². The van der Waals surface area contributed by atoms with Crippen LogP contribution in [0.15, 0.2) is 77.1 Å². The van der Waals surface area contributed by atoms with Gasteiger partial charge in [-0.1, -0.05) is 50.6 Å². The van der Waals surface area contributed by atoms with E-state index in [1.807, 2.05) is 0 Å². The predicted octanol–water partition coefficient (Wildman–Crippen LogP) is 7.49. The number of benzene rings is 2. The quantitative estimate of drug-likeness (QED) is 0.250. The van der Waals surface area contributed by atoms with Crippen molar-refractivity contribution in [2.75, 3.05) is 7.05 Å². The van der Waals surface area contributed by atoms with Crippen LogP contribution >= 0.6 is 11.6 Å². The van der Waals surface area contributed by atoms with E-state index in [0.29, 0.717) is 27.4 Å². The molecule has 10 heteroatoms. The number of aliphatic imine (C=N–C) groups is 1. The number of nitrogens with zero attached hydrogens (tertiary/aromatic N) is 2. The Morgan fingerprint density at radius 1 is 1.00 bits per heavy atom. The standard InChI is InChI=1S/C19H15ClF3NO.C4H6N2O2.C3H8/c1-12(14-3-7-16(8-4-14)19(21,22)23)11-13(2)24-18(25)15-5-9-17(20)10-6-15;1-3(5-2)4(7)6-8;1-3-2/h3-11H,1H2,2H3,(H,24,25);1-2H3;3H2,1-2H3/b13-11+;;. The van der Waals surface area contributed by atoms with Crippen LogP contribution in [0.25, 0.3) is 5.57 Å². The lowest BCUT2D eigenvalue weighted by atomic mass is 10.0. The number of carbonyl (C=O) groups excluding carboxylic acids is 2. The molecule has 0 aliphatic rings. The summed E-state index contributed by atoms with van der Waals surface area (Å²) in [6, 6.07) is 11.1. The number of nitroso groups, excluding NO2 is 1. The molecule has 0 unspecified atom stereocenters. The first kappa shape index (κ1) is 32.4. The van der Waals surface area contributed by atoms with Crippen molar-refractivity contribution < 1.29 is 22.8 Å². The largest absolute Gasteiger partial charge is 0.416 e. The van der Waals surface area contributed by atoms with Crippen LogP contribution in [0, 0.1) is 4.91 Å². The second-order valence-corrected chi connectivity index (χ2v) is 7.74. The van der Waals surface area contributed by atoms with Crippen molar-refractivity contribution in [2.24, 2.45) is 10.2 Å². The number of halogens is 4. The molecule has 0 aliphatic carbocycles. The first-order valence-electron chi connectivity index (χ1n) is 10.7. The number of carbonyl (C=O) groups is 2. The van der Waals surface area contributed by atoms with Gasteiger partial charge in [0, 0.05) is 28.5 Å². The predicted molar refractivity (Wildman–Crippen MR) is 139 cm³/mol. The van der Waals surface area contributed by atoms with Crippen LogP contribution in [0.4, 0.5) is 13.2 Å². The molecule has 0 atom stereocenters. The van der Waals surface area contributed by atoms with Crippen LogP contribution in [0.2, 0.25) is 5.02 Å². The maximum absolute atomic E-state index is 12.6. The highest BCUT2D eigenvalue weighted by molar-refractivity contribution is 6.38. The maximum Gasteiger partial charge on any atom is 0.416 e. The summed E-state index contributed by atoms with van der Waals surface area (Å²) in [7, 11) is 1.43. The molecule has 194 valence electrons. The Labute approximate surface area is 213 Å². The van der Waals surface area contributed by atoms with E-state index < -0.39 is 17.6 Å². The molecule has 0 spiro atoms. The SMILES string of the molecule is C=C(/C=C(\C)NC(=O)c1ccc(Cl)cc1)c1ccc(C(F)(F)F)cc1.CCC.CN=C(C)C(=O)N=O. The minimum absolute atomic E-state index is 0.139. The highest BCUT2D eigenvalue weighted by Crippen LogP contribution is 2.30. The highest BCUT2D eigenvalue weighted by Gasteiger charge is 2.29. The van der Waals surface area contributed by atoms with Gasteiger partial charge >= 0.3 is 12.1 Å². The van der Waals surface area contributed by atoms with E-state index in [1.165, 1.54) is 32.5 Å². The lowest BCUT2D eigenvalue weighted by Gasteiger charge is -2.09. The zero-order valence-electron chi connectivity index (χ0n) is 20.7. The van der Waals surface area contributed by atoms with Crippen molar-refractivity contribution in [1.29, 1.82) is 0 Å². The molecule has 0 saturated carbocycles. The first-order valence-corrected chi connectivity index (χ1v) is 11.1. The summed E-state index contributed by atoms with van der Waals surface area (Å²) < 4.78 is 37.7. The van der Waals surface area contributed by atoms with Crippen LogP contribution in [0.1, 0.15) is 55.6 Å². The molecule has 2 rings (SSSR count). The third kappa shape index (κ3) is 12.2. The minimum Gasteiger partial charge on any atom is -0.326 e. The lowest BCUT2D eigenvalue weighted by molar-refractivity contribution is -0.137. The van der Waals surface area contributed by atoms with Gasteiger partial charge in [-0.3, -0.25) is 14.6 Å². The minimum atomic E-state index is -4.38. The smallest absolute Gasteiger partial charge is 0.326 e. The average Bonchev–Trinajstić information content (AvgIpc) is 2.83. The molecule has 1 N–H and O–H groups in total. The number of allylic oxidation sites excluding steroid dienone is 3. The third-order valence-electron chi connectivity index (χ3n) is 4.12. The Hall–Kier alpha value is -3.59. The van der Waals surface area contributed by atoms with Gasteiger partial charge in [0.15, 0.2) is 0 Å². The molecule has 0 aromatic heterocycles. The number of alkyl halides is 3. The van der Waals surface area contributed by atoms with E-state index in [9.17, 15) is 27.7 Å². The molecule has 0 heterocycles. The molecule has 0 saturated heterocycles. The first-order chi connectivity index (χ1) is 16.8. The Morgan fingerprint density at radius 2 is 1.47 bits per heavy atom. The van der Waals surface area contributed by atoms with Gasteiger partial charge in [0.25, 0.3) is 5.91 Å². The molecule has 6 nitrogen and oxygen atoms in total. The van der Waals surface area contributed by atoms with Gasteiger partial charge in [0.1, 0.15) is 5.71 Å². The van der Waals surface area contributed by atoms with Gasteiger partial charge in [-0.15, -0.1) is 4.91 Å². The van der Waals surface area contributed by atoms with E-state index in [-0.39, 0.29) is 11.6 Å². The zero-order valence-corrected chi connectivity index (χ0v) is 21.5. The van der Waals surface area contributed by atoms with Crippen molar-refractivity contribution in [2.45, 2.75) is 40.3 Å². The number of hydrogen-bond donors (Lipinski definition) is 1. The molecular formula is C26H29ClF3N3O3. The molecule has 0 bridgehead atoms.